The maximum Gasteiger partial charge on any atom is 0.352 e. The normalized spacial score (nSPS) is 13.3. The molecule has 0 aliphatic carbocycles. The Balaban J connectivity index is 2.39. The molecule has 0 unspecified atom stereocenters. The van der Waals surface area contributed by atoms with Crippen molar-refractivity contribution in [1.29, 1.82) is 0 Å². The van der Waals surface area contributed by atoms with Crippen LogP contribution < -0.4 is 9.47 Å². The van der Waals surface area contributed by atoms with Gasteiger partial charge in [-0.3, -0.25) is 0 Å². The highest BCUT2D eigenvalue weighted by Gasteiger charge is 2.22. The van der Waals surface area contributed by atoms with Crippen molar-refractivity contribution in [3.63, 3.8) is 0 Å². The van der Waals surface area contributed by atoms with Crippen molar-refractivity contribution in [2.45, 2.75) is 6.92 Å². The minimum atomic E-state index is -0.928. The van der Waals surface area contributed by atoms with Crippen LogP contribution in [0, 0.1) is 6.92 Å². The summed E-state index contributed by atoms with van der Waals surface area (Å²) in [6, 6.07) is 3.65. The molecule has 1 aliphatic heterocycles. The number of aromatic carboxylic acids is 1. The maximum atomic E-state index is 11.2. The number of ether oxygens (including phenoxy) is 2. The Morgan fingerprint density at radius 1 is 1.35 bits per heavy atom. The van der Waals surface area contributed by atoms with E-state index in [1.807, 2.05) is 12.1 Å². The Morgan fingerprint density at radius 3 is 2.65 bits per heavy atom. The monoisotopic (exact) mass is 233 g/mol. The predicted octanol–water partition coefficient (Wildman–Crippen LogP) is 1.91. The van der Waals surface area contributed by atoms with E-state index in [2.05, 4.69) is 0 Å². The average Bonchev–Trinajstić information content (AvgIpc) is 2.81. The zero-order chi connectivity index (χ0) is 12.2. The quantitative estimate of drug-likeness (QED) is 0.817. The maximum absolute atomic E-state index is 11.2. The van der Waals surface area contributed by atoms with Crippen LogP contribution in [0.25, 0.3) is 10.9 Å². The van der Waals surface area contributed by atoms with E-state index in [0.29, 0.717) is 17.2 Å². The Hall–Kier alpha value is -2.17. The van der Waals surface area contributed by atoms with Gasteiger partial charge in [-0.1, -0.05) is 0 Å². The third-order valence-electron chi connectivity index (χ3n) is 3.15. The summed E-state index contributed by atoms with van der Waals surface area (Å²) < 4.78 is 12.2. The first kappa shape index (κ1) is 10.0. The van der Waals surface area contributed by atoms with E-state index >= 15 is 0 Å². The van der Waals surface area contributed by atoms with E-state index in [1.165, 1.54) is 0 Å². The summed E-state index contributed by atoms with van der Waals surface area (Å²) in [5.74, 6) is 0.404. The van der Waals surface area contributed by atoms with Gasteiger partial charge in [0.05, 0.1) is 5.52 Å². The van der Waals surface area contributed by atoms with Gasteiger partial charge < -0.3 is 19.1 Å². The van der Waals surface area contributed by atoms with Crippen molar-refractivity contribution in [2.75, 3.05) is 6.79 Å². The molecule has 0 spiro atoms. The van der Waals surface area contributed by atoms with Gasteiger partial charge in [-0.05, 0) is 18.6 Å². The van der Waals surface area contributed by atoms with Gasteiger partial charge in [0.25, 0.3) is 0 Å². The van der Waals surface area contributed by atoms with Crippen LogP contribution in [0.3, 0.4) is 0 Å². The molecule has 0 radical (unpaired) electrons. The van der Waals surface area contributed by atoms with Crippen molar-refractivity contribution in [2.24, 2.45) is 7.05 Å². The molecule has 5 heteroatoms. The molecule has 3 rings (SSSR count). The smallest absolute Gasteiger partial charge is 0.352 e. The van der Waals surface area contributed by atoms with Gasteiger partial charge in [-0.15, -0.1) is 0 Å². The summed E-state index contributed by atoms with van der Waals surface area (Å²) in [6.07, 6.45) is 0. The van der Waals surface area contributed by atoms with Gasteiger partial charge in [0.1, 0.15) is 5.69 Å². The molecule has 0 atom stereocenters. The molecule has 0 saturated heterocycles. The summed E-state index contributed by atoms with van der Waals surface area (Å²) >= 11 is 0. The van der Waals surface area contributed by atoms with Gasteiger partial charge in [0.15, 0.2) is 11.5 Å². The topological polar surface area (TPSA) is 60.7 Å². The molecule has 1 N–H and O–H groups in total. The standard InChI is InChI=1S/C12H11NO4/c1-6-7-3-9-10(17-5-16-9)4-8(7)13(2)11(6)12(14)15/h3-4H,5H2,1-2H3,(H,14,15). The first-order valence-corrected chi connectivity index (χ1v) is 5.21. The molecule has 0 saturated carbocycles. The largest absolute Gasteiger partial charge is 0.477 e. The van der Waals surface area contributed by atoms with Gasteiger partial charge >= 0.3 is 5.97 Å². The van der Waals surface area contributed by atoms with Gasteiger partial charge in [-0.2, -0.15) is 0 Å². The van der Waals surface area contributed by atoms with Gasteiger partial charge in [-0.25, -0.2) is 4.79 Å². The fourth-order valence-corrected chi connectivity index (χ4v) is 2.31. The van der Waals surface area contributed by atoms with Crippen molar-refractivity contribution >= 4 is 16.9 Å². The molecular weight excluding hydrogens is 222 g/mol. The Kier molecular flexibility index (Phi) is 1.86. The number of carboxylic acids is 1. The van der Waals surface area contributed by atoms with Crippen molar-refractivity contribution < 1.29 is 19.4 Å². The highest BCUT2D eigenvalue weighted by Crippen LogP contribution is 2.38. The van der Waals surface area contributed by atoms with E-state index in [9.17, 15) is 9.90 Å². The molecule has 1 aromatic heterocycles. The lowest BCUT2D eigenvalue weighted by atomic mass is 10.1. The first-order chi connectivity index (χ1) is 8.09. The number of hydrogen-bond acceptors (Lipinski definition) is 3. The van der Waals surface area contributed by atoms with E-state index in [0.717, 1.165) is 16.5 Å². The lowest BCUT2D eigenvalue weighted by Crippen LogP contribution is -2.05. The van der Waals surface area contributed by atoms with Crippen molar-refractivity contribution in [1.82, 2.24) is 4.57 Å². The number of benzene rings is 1. The molecule has 0 amide bonds. The summed E-state index contributed by atoms with van der Waals surface area (Å²) in [4.78, 5) is 11.2. The second kappa shape index (κ2) is 3.16. The molecule has 88 valence electrons. The van der Waals surface area contributed by atoms with Gasteiger partial charge in [0, 0.05) is 18.5 Å². The van der Waals surface area contributed by atoms with Crippen LogP contribution in [0.4, 0.5) is 0 Å². The van der Waals surface area contributed by atoms with Crippen LogP contribution in [-0.4, -0.2) is 22.4 Å². The second-order valence-corrected chi connectivity index (χ2v) is 4.06. The van der Waals surface area contributed by atoms with Crippen LogP contribution in [0.5, 0.6) is 11.5 Å². The number of fused-ring (bicyclic) bond motifs is 2. The molecule has 1 aromatic carbocycles. The van der Waals surface area contributed by atoms with E-state index in [4.69, 9.17) is 9.47 Å². The lowest BCUT2D eigenvalue weighted by Gasteiger charge is -2.00. The predicted molar refractivity (Wildman–Crippen MR) is 60.7 cm³/mol. The lowest BCUT2D eigenvalue weighted by molar-refractivity contribution is 0.0686. The molecule has 2 heterocycles. The molecule has 1 aliphatic rings. The number of nitrogens with zero attached hydrogens (tertiary/aromatic N) is 1. The van der Waals surface area contributed by atoms with Crippen LogP contribution >= 0.6 is 0 Å². The number of hydrogen-bond donors (Lipinski definition) is 1. The zero-order valence-corrected chi connectivity index (χ0v) is 9.48. The number of rotatable bonds is 1. The van der Waals surface area contributed by atoms with E-state index < -0.39 is 5.97 Å². The average molecular weight is 233 g/mol. The number of carbonyl (C=O) groups is 1. The summed E-state index contributed by atoms with van der Waals surface area (Å²) in [7, 11) is 1.74. The van der Waals surface area contributed by atoms with E-state index in [1.54, 1.807) is 18.5 Å². The minimum absolute atomic E-state index is 0.219. The molecule has 5 nitrogen and oxygen atoms in total. The molecular formula is C12H11NO4. The summed E-state index contributed by atoms with van der Waals surface area (Å²) in [5, 5.41) is 10.1. The number of carboxylic acid groups (broad SMARTS) is 1. The fourth-order valence-electron chi connectivity index (χ4n) is 2.31. The Bertz CT molecular complexity index is 595. The zero-order valence-electron chi connectivity index (χ0n) is 9.48. The fraction of sp³-hybridized carbons (Fsp3) is 0.250. The van der Waals surface area contributed by atoms with Crippen molar-refractivity contribution in [3.8, 4) is 11.5 Å². The highest BCUT2D eigenvalue weighted by molar-refractivity contribution is 5.99. The van der Waals surface area contributed by atoms with Crippen LogP contribution in [-0.2, 0) is 7.05 Å². The van der Waals surface area contributed by atoms with Crippen LogP contribution in [0.1, 0.15) is 16.1 Å². The first-order valence-electron chi connectivity index (χ1n) is 5.21. The summed E-state index contributed by atoms with van der Waals surface area (Å²) in [6.45, 7) is 2.02. The van der Waals surface area contributed by atoms with Crippen LogP contribution in [0.2, 0.25) is 0 Å². The molecule has 17 heavy (non-hydrogen) atoms. The Labute approximate surface area is 97.2 Å². The third-order valence-corrected chi connectivity index (χ3v) is 3.15. The van der Waals surface area contributed by atoms with Crippen molar-refractivity contribution in [3.05, 3.63) is 23.4 Å². The van der Waals surface area contributed by atoms with Crippen LogP contribution in [0.15, 0.2) is 12.1 Å². The highest BCUT2D eigenvalue weighted by atomic mass is 16.7. The SMILES string of the molecule is Cc1c(C(=O)O)n(C)c2cc3c(cc12)OCO3. The molecule has 2 aromatic rings. The number of aromatic nitrogens is 1. The molecule has 0 fully saturated rings. The minimum Gasteiger partial charge on any atom is -0.477 e. The Morgan fingerprint density at radius 2 is 2.00 bits per heavy atom. The molecule has 0 bridgehead atoms. The van der Waals surface area contributed by atoms with E-state index in [-0.39, 0.29) is 6.79 Å². The summed E-state index contributed by atoms with van der Waals surface area (Å²) in [5.41, 5.74) is 1.88. The third kappa shape index (κ3) is 1.22. The van der Waals surface area contributed by atoms with Gasteiger partial charge in [0.2, 0.25) is 6.79 Å². The number of aryl methyl sites for hydroxylation is 2. The second-order valence-electron chi connectivity index (χ2n) is 4.06.